The number of nitrogens with one attached hydrogen (secondary N) is 1. The first-order chi connectivity index (χ1) is 10.1. The molecule has 1 aromatic carbocycles. The smallest absolute Gasteiger partial charge is 0.224 e. The average molecular weight is 323 g/mol. The molecule has 0 bridgehead atoms. The summed E-state index contributed by atoms with van der Waals surface area (Å²) in [5.41, 5.74) is 0. The van der Waals surface area contributed by atoms with Crippen LogP contribution in [0.1, 0.15) is 4.88 Å². The van der Waals surface area contributed by atoms with Crippen LogP contribution in [0, 0.1) is 18.6 Å². The molecule has 3 nitrogen and oxygen atoms in total. The Labute approximate surface area is 128 Å². The number of rotatable bonds is 3. The fourth-order valence-electron chi connectivity index (χ4n) is 1.86. The maximum absolute atomic E-state index is 13.8. The number of aromatic nitrogens is 2. The number of thiophene rings is 1. The maximum Gasteiger partial charge on any atom is 0.224 e. The van der Waals surface area contributed by atoms with E-state index in [1.165, 1.54) is 6.07 Å². The van der Waals surface area contributed by atoms with Gasteiger partial charge in [0.25, 0.3) is 0 Å². The van der Waals surface area contributed by atoms with E-state index in [2.05, 4.69) is 15.3 Å². The van der Waals surface area contributed by atoms with Crippen LogP contribution in [0.5, 0.6) is 0 Å². The Morgan fingerprint density at radius 1 is 1.19 bits per heavy atom. The molecule has 108 valence electrons. The number of aryl methyl sites for hydroxylation is 1. The van der Waals surface area contributed by atoms with E-state index in [-0.39, 0.29) is 4.90 Å². The van der Waals surface area contributed by atoms with Gasteiger partial charge in [0.15, 0.2) is 0 Å². The highest BCUT2D eigenvalue weighted by Gasteiger charge is 2.14. The van der Waals surface area contributed by atoms with E-state index >= 15 is 0 Å². The van der Waals surface area contributed by atoms with Gasteiger partial charge in [-0.25, -0.2) is 18.7 Å². The lowest BCUT2D eigenvalue weighted by Gasteiger charge is -2.06. The Bertz CT molecular complexity index is 817. The fourth-order valence-corrected chi connectivity index (χ4v) is 3.75. The predicted octanol–water partition coefficient (Wildman–Crippen LogP) is 4.47. The molecule has 0 aliphatic rings. The molecule has 0 atom stereocenters. The Kier molecular flexibility index (Phi) is 3.77. The topological polar surface area (TPSA) is 37.8 Å². The fraction of sp³-hybridized carbons (Fsp3) is 0.143. The van der Waals surface area contributed by atoms with Gasteiger partial charge < -0.3 is 5.32 Å². The SMILES string of the molecule is CNc1nc(Sc2cc(F)ccc2F)c2cc(C)sc2n1. The molecule has 0 saturated carbocycles. The molecule has 2 aromatic heterocycles. The van der Waals surface area contributed by atoms with Crippen molar-refractivity contribution in [3.05, 3.63) is 40.8 Å². The summed E-state index contributed by atoms with van der Waals surface area (Å²) in [4.78, 5) is 10.9. The molecular formula is C14H11F2N3S2. The summed E-state index contributed by atoms with van der Waals surface area (Å²) in [6.45, 7) is 1.97. The average Bonchev–Trinajstić information content (AvgIpc) is 2.83. The number of hydrogen-bond acceptors (Lipinski definition) is 5. The lowest BCUT2D eigenvalue weighted by atomic mass is 10.3. The number of hydrogen-bond donors (Lipinski definition) is 1. The van der Waals surface area contributed by atoms with E-state index in [0.29, 0.717) is 11.0 Å². The standard InChI is InChI=1S/C14H11F2N3S2/c1-7-5-9-12(20-7)18-14(17-2)19-13(9)21-11-6-8(15)3-4-10(11)16/h3-6H,1-2H3,(H,17,18,19). The third-order valence-corrected chi connectivity index (χ3v) is 4.79. The van der Waals surface area contributed by atoms with Crippen molar-refractivity contribution in [1.29, 1.82) is 0 Å². The van der Waals surface area contributed by atoms with Crippen molar-refractivity contribution in [3.63, 3.8) is 0 Å². The van der Waals surface area contributed by atoms with Crippen molar-refractivity contribution >= 4 is 39.3 Å². The minimum Gasteiger partial charge on any atom is -0.357 e. The van der Waals surface area contributed by atoms with E-state index in [1.807, 2.05) is 13.0 Å². The molecule has 0 spiro atoms. The molecule has 0 saturated heterocycles. The van der Waals surface area contributed by atoms with E-state index < -0.39 is 11.6 Å². The van der Waals surface area contributed by atoms with Crippen LogP contribution >= 0.6 is 23.1 Å². The van der Waals surface area contributed by atoms with Crippen molar-refractivity contribution in [2.75, 3.05) is 12.4 Å². The maximum atomic E-state index is 13.8. The van der Waals surface area contributed by atoms with Gasteiger partial charge in [0.1, 0.15) is 21.5 Å². The molecular weight excluding hydrogens is 312 g/mol. The zero-order chi connectivity index (χ0) is 15.0. The van der Waals surface area contributed by atoms with Gasteiger partial charge in [0, 0.05) is 17.3 Å². The van der Waals surface area contributed by atoms with Crippen molar-refractivity contribution in [2.45, 2.75) is 16.8 Å². The van der Waals surface area contributed by atoms with Gasteiger partial charge in [-0.2, -0.15) is 0 Å². The van der Waals surface area contributed by atoms with Crippen molar-refractivity contribution < 1.29 is 8.78 Å². The minimum atomic E-state index is -0.473. The Hall–Kier alpha value is -1.73. The predicted molar refractivity (Wildman–Crippen MR) is 82.2 cm³/mol. The summed E-state index contributed by atoms with van der Waals surface area (Å²) in [7, 11) is 1.72. The van der Waals surface area contributed by atoms with Crippen LogP contribution in [-0.2, 0) is 0 Å². The van der Waals surface area contributed by atoms with E-state index in [9.17, 15) is 8.78 Å². The lowest BCUT2D eigenvalue weighted by molar-refractivity contribution is 0.577. The first-order valence-electron chi connectivity index (χ1n) is 6.15. The molecule has 7 heteroatoms. The number of anilines is 1. The monoisotopic (exact) mass is 323 g/mol. The van der Waals surface area contributed by atoms with Crippen LogP contribution in [0.3, 0.4) is 0 Å². The molecule has 0 amide bonds. The zero-order valence-corrected chi connectivity index (χ0v) is 12.9. The van der Waals surface area contributed by atoms with Crippen LogP contribution in [-0.4, -0.2) is 17.0 Å². The molecule has 0 fully saturated rings. The van der Waals surface area contributed by atoms with E-state index in [0.717, 1.165) is 39.0 Å². The van der Waals surface area contributed by atoms with Gasteiger partial charge in [0.2, 0.25) is 5.95 Å². The highest BCUT2D eigenvalue weighted by atomic mass is 32.2. The zero-order valence-electron chi connectivity index (χ0n) is 11.3. The van der Waals surface area contributed by atoms with Crippen LogP contribution in [0.4, 0.5) is 14.7 Å². The first kappa shape index (κ1) is 14.2. The summed E-state index contributed by atoms with van der Waals surface area (Å²) < 4.78 is 27.1. The first-order valence-corrected chi connectivity index (χ1v) is 7.79. The quantitative estimate of drug-likeness (QED) is 0.722. The van der Waals surface area contributed by atoms with Gasteiger partial charge in [-0.3, -0.25) is 0 Å². The largest absolute Gasteiger partial charge is 0.357 e. The van der Waals surface area contributed by atoms with E-state index in [4.69, 9.17) is 0 Å². The third-order valence-electron chi connectivity index (χ3n) is 2.80. The van der Waals surface area contributed by atoms with Crippen LogP contribution in [0.25, 0.3) is 10.2 Å². The Balaban J connectivity index is 2.12. The summed E-state index contributed by atoms with van der Waals surface area (Å²) in [5, 5.41) is 4.35. The molecule has 0 radical (unpaired) electrons. The third kappa shape index (κ3) is 2.84. The second kappa shape index (κ2) is 5.57. The summed E-state index contributed by atoms with van der Waals surface area (Å²) in [5.74, 6) is -0.477. The molecule has 0 unspecified atom stereocenters. The molecule has 3 aromatic rings. The molecule has 1 N–H and O–H groups in total. The summed E-state index contributed by atoms with van der Waals surface area (Å²) in [6, 6.07) is 5.35. The minimum absolute atomic E-state index is 0.209. The Morgan fingerprint density at radius 2 is 2.00 bits per heavy atom. The second-order valence-electron chi connectivity index (χ2n) is 4.36. The number of nitrogens with zero attached hydrogens (tertiary/aromatic N) is 2. The normalized spacial score (nSPS) is 11.0. The summed E-state index contributed by atoms with van der Waals surface area (Å²) >= 11 is 2.64. The van der Waals surface area contributed by atoms with Crippen molar-refractivity contribution in [2.24, 2.45) is 0 Å². The summed E-state index contributed by atoms with van der Waals surface area (Å²) in [6.07, 6.45) is 0. The second-order valence-corrected chi connectivity index (χ2v) is 6.62. The van der Waals surface area contributed by atoms with E-state index in [1.54, 1.807) is 18.4 Å². The van der Waals surface area contributed by atoms with Crippen molar-refractivity contribution in [3.8, 4) is 0 Å². The lowest BCUT2D eigenvalue weighted by Crippen LogP contribution is -1.97. The van der Waals surface area contributed by atoms with Gasteiger partial charge in [0.05, 0.1) is 4.90 Å². The number of fused-ring (bicyclic) bond motifs is 1. The van der Waals surface area contributed by atoms with Gasteiger partial charge in [-0.05, 0) is 31.2 Å². The molecule has 3 rings (SSSR count). The number of benzene rings is 1. The van der Waals surface area contributed by atoms with Crippen LogP contribution < -0.4 is 5.32 Å². The van der Waals surface area contributed by atoms with Crippen molar-refractivity contribution in [1.82, 2.24) is 9.97 Å². The van der Waals surface area contributed by atoms with Gasteiger partial charge in [-0.1, -0.05) is 11.8 Å². The highest BCUT2D eigenvalue weighted by Crippen LogP contribution is 2.36. The molecule has 0 aliphatic heterocycles. The van der Waals surface area contributed by atoms with Gasteiger partial charge in [-0.15, -0.1) is 11.3 Å². The highest BCUT2D eigenvalue weighted by molar-refractivity contribution is 7.99. The number of halogens is 2. The Morgan fingerprint density at radius 3 is 2.76 bits per heavy atom. The molecule has 21 heavy (non-hydrogen) atoms. The molecule has 2 heterocycles. The van der Waals surface area contributed by atoms with Gasteiger partial charge >= 0.3 is 0 Å². The molecule has 0 aliphatic carbocycles. The van der Waals surface area contributed by atoms with Crippen LogP contribution in [0.15, 0.2) is 34.2 Å². The van der Waals surface area contributed by atoms with Crippen LogP contribution in [0.2, 0.25) is 0 Å².